The van der Waals surface area contributed by atoms with Crippen molar-refractivity contribution >= 4 is 21.6 Å². The van der Waals surface area contributed by atoms with Gasteiger partial charge in [-0.05, 0) is 30.3 Å². The minimum atomic E-state index is 0.469. The van der Waals surface area contributed by atoms with Gasteiger partial charge in [0.2, 0.25) is 0 Å². The largest absolute Gasteiger partial charge is 0.459 e. The predicted molar refractivity (Wildman–Crippen MR) is 67.0 cm³/mol. The summed E-state index contributed by atoms with van der Waals surface area (Å²) in [5.74, 6) is 1.55. The molecule has 0 radical (unpaired) electrons. The number of nitrogens with two attached hydrogens (primary N) is 1. The van der Waals surface area contributed by atoms with Crippen molar-refractivity contribution in [2.75, 3.05) is 12.8 Å². The molecule has 0 aliphatic rings. The van der Waals surface area contributed by atoms with Gasteiger partial charge in [-0.3, -0.25) is 0 Å². The number of halogens is 1. The summed E-state index contributed by atoms with van der Waals surface area (Å²) >= 11 is 3.37. The number of rotatable bonds is 3. The molecule has 0 aliphatic carbocycles. The Balaban J connectivity index is 2.35. The van der Waals surface area contributed by atoms with Crippen molar-refractivity contribution < 1.29 is 9.15 Å². The van der Waals surface area contributed by atoms with Gasteiger partial charge in [0.15, 0.2) is 0 Å². The second kappa shape index (κ2) is 4.72. The van der Waals surface area contributed by atoms with Crippen LogP contribution in [-0.2, 0) is 11.3 Å². The van der Waals surface area contributed by atoms with E-state index in [4.69, 9.17) is 14.9 Å². The summed E-state index contributed by atoms with van der Waals surface area (Å²) in [5, 5.41) is 0. The molecule has 84 valence electrons. The van der Waals surface area contributed by atoms with Crippen LogP contribution < -0.4 is 5.73 Å². The van der Waals surface area contributed by atoms with Crippen molar-refractivity contribution in [3.8, 4) is 11.3 Å². The molecule has 4 heteroatoms. The first-order valence-electron chi connectivity index (χ1n) is 4.84. The highest BCUT2D eigenvalue weighted by Crippen LogP contribution is 2.30. The van der Waals surface area contributed by atoms with Crippen molar-refractivity contribution in [3.63, 3.8) is 0 Å². The molecule has 2 rings (SSSR count). The van der Waals surface area contributed by atoms with Gasteiger partial charge in [0, 0.05) is 22.8 Å². The molecular formula is C12H12BrNO2. The van der Waals surface area contributed by atoms with Gasteiger partial charge in [-0.25, -0.2) is 0 Å². The van der Waals surface area contributed by atoms with Gasteiger partial charge >= 0.3 is 0 Å². The van der Waals surface area contributed by atoms with Gasteiger partial charge < -0.3 is 14.9 Å². The topological polar surface area (TPSA) is 48.4 Å². The number of furan rings is 1. The fourth-order valence-electron chi connectivity index (χ4n) is 1.50. The Morgan fingerprint density at radius 3 is 2.81 bits per heavy atom. The molecule has 2 N–H and O–H groups in total. The van der Waals surface area contributed by atoms with E-state index >= 15 is 0 Å². The van der Waals surface area contributed by atoms with Crippen molar-refractivity contribution in [3.05, 3.63) is 40.6 Å². The lowest BCUT2D eigenvalue weighted by Gasteiger charge is -2.02. The van der Waals surface area contributed by atoms with E-state index in [0.717, 1.165) is 21.6 Å². The zero-order valence-corrected chi connectivity index (χ0v) is 10.5. The highest BCUT2D eigenvalue weighted by atomic mass is 79.9. The van der Waals surface area contributed by atoms with Crippen molar-refractivity contribution in [1.82, 2.24) is 0 Å². The van der Waals surface area contributed by atoms with E-state index in [-0.39, 0.29) is 0 Å². The molecule has 16 heavy (non-hydrogen) atoms. The fraction of sp³-hybridized carbons (Fsp3) is 0.167. The molecule has 0 bridgehead atoms. The predicted octanol–water partition coefficient (Wildman–Crippen LogP) is 3.44. The summed E-state index contributed by atoms with van der Waals surface area (Å²) in [5.41, 5.74) is 7.50. The van der Waals surface area contributed by atoms with E-state index in [9.17, 15) is 0 Å². The summed E-state index contributed by atoms with van der Waals surface area (Å²) in [4.78, 5) is 0. The number of hydrogen-bond donors (Lipinski definition) is 1. The normalized spacial score (nSPS) is 10.6. The lowest BCUT2D eigenvalue weighted by Crippen LogP contribution is -1.88. The third-order valence-electron chi connectivity index (χ3n) is 2.23. The number of anilines is 1. The van der Waals surface area contributed by atoms with E-state index in [2.05, 4.69) is 15.9 Å². The maximum absolute atomic E-state index is 5.92. The molecular weight excluding hydrogens is 270 g/mol. The Morgan fingerprint density at radius 2 is 2.12 bits per heavy atom. The van der Waals surface area contributed by atoms with Crippen LogP contribution in [0.15, 0.2) is 39.2 Å². The van der Waals surface area contributed by atoms with Crippen LogP contribution >= 0.6 is 15.9 Å². The van der Waals surface area contributed by atoms with Gasteiger partial charge in [0.25, 0.3) is 0 Å². The average Bonchev–Trinajstić information content (AvgIpc) is 2.67. The number of ether oxygens (including phenoxy) is 1. The van der Waals surface area contributed by atoms with Crippen molar-refractivity contribution in [2.24, 2.45) is 0 Å². The molecule has 1 heterocycles. The van der Waals surface area contributed by atoms with Crippen LogP contribution in [-0.4, -0.2) is 7.11 Å². The Kier molecular flexibility index (Phi) is 3.31. The summed E-state index contributed by atoms with van der Waals surface area (Å²) in [6, 6.07) is 9.50. The molecule has 1 aromatic carbocycles. The minimum Gasteiger partial charge on any atom is -0.459 e. The van der Waals surface area contributed by atoms with Gasteiger partial charge in [-0.15, -0.1) is 0 Å². The molecule has 0 amide bonds. The number of methoxy groups -OCH3 is 1. The van der Waals surface area contributed by atoms with Crippen LogP contribution in [0.5, 0.6) is 0 Å². The molecule has 3 nitrogen and oxygen atoms in total. The summed E-state index contributed by atoms with van der Waals surface area (Å²) in [6.07, 6.45) is 0. The van der Waals surface area contributed by atoms with E-state index in [1.54, 1.807) is 7.11 Å². The summed E-state index contributed by atoms with van der Waals surface area (Å²) in [7, 11) is 1.64. The smallest absolute Gasteiger partial charge is 0.136 e. The van der Waals surface area contributed by atoms with E-state index < -0.39 is 0 Å². The monoisotopic (exact) mass is 281 g/mol. The highest BCUT2D eigenvalue weighted by molar-refractivity contribution is 9.10. The summed E-state index contributed by atoms with van der Waals surface area (Å²) in [6.45, 7) is 0.469. The van der Waals surface area contributed by atoms with Crippen LogP contribution in [0.25, 0.3) is 11.3 Å². The first kappa shape index (κ1) is 11.2. The van der Waals surface area contributed by atoms with E-state index in [1.807, 2.05) is 30.3 Å². The number of nitrogen functional groups attached to an aromatic ring is 1. The molecule has 0 atom stereocenters. The van der Waals surface area contributed by atoms with Crippen LogP contribution in [0.4, 0.5) is 5.69 Å². The Bertz CT molecular complexity index is 494. The second-order valence-electron chi connectivity index (χ2n) is 3.43. The van der Waals surface area contributed by atoms with E-state index in [1.165, 1.54) is 0 Å². The quantitative estimate of drug-likeness (QED) is 0.877. The molecule has 0 unspecified atom stereocenters. The standard InChI is InChI=1S/C12H12BrNO2/c1-15-7-9-3-5-12(16-9)10-4-2-8(13)6-11(10)14/h2-6H,7,14H2,1H3. The van der Waals surface area contributed by atoms with Gasteiger partial charge in [0.05, 0.1) is 0 Å². The third kappa shape index (κ3) is 2.28. The first-order chi connectivity index (χ1) is 7.70. The van der Waals surface area contributed by atoms with E-state index in [0.29, 0.717) is 12.3 Å². The zero-order chi connectivity index (χ0) is 11.5. The van der Waals surface area contributed by atoms with Crippen molar-refractivity contribution in [1.29, 1.82) is 0 Å². The van der Waals surface area contributed by atoms with Crippen LogP contribution in [0.2, 0.25) is 0 Å². The molecule has 0 spiro atoms. The first-order valence-corrected chi connectivity index (χ1v) is 5.63. The average molecular weight is 282 g/mol. The third-order valence-corrected chi connectivity index (χ3v) is 2.72. The zero-order valence-electron chi connectivity index (χ0n) is 8.87. The Morgan fingerprint density at radius 1 is 1.31 bits per heavy atom. The number of benzene rings is 1. The molecule has 0 saturated carbocycles. The van der Waals surface area contributed by atoms with Crippen LogP contribution in [0.3, 0.4) is 0 Å². The molecule has 2 aromatic rings. The van der Waals surface area contributed by atoms with Crippen LogP contribution in [0.1, 0.15) is 5.76 Å². The molecule has 0 aliphatic heterocycles. The fourth-order valence-corrected chi connectivity index (χ4v) is 1.88. The lowest BCUT2D eigenvalue weighted by atomic mass is 10.1. The summed E-state index contributed by atoms with van der Waals surface area (Å²) < 4.78 is 11.6. The molecule has 0 fully saturated rings. The highest BCUT2D eigenvalue weighted by Gasteiger charge is 2.08. The molecule has 1 aromatic heterocycles. The maximum atomic E-state index is 5.92. The van der Waals surface area contributed by atoms with Gasteiger partial charge in [-0.1, -0.05) is 15.9 Å². The second-order valence-corrected chi connectivity index (χ2v) is 4.35. The minimum absolute atomic E-state index is 0.469. The maximum Gasteiger partial charge on any atom is 0.136 e. The van der Waals surface area contributed by atoms with Gasteiger partial charge in [-0.2, -0.15) is 0 Å². The van der Waals surface area contributed by atoms with Crippen molar-refractivity contribution in [2.45, 2.75) is 6.61 Å². The Labute approximate surface area is 102 Å². The van der Waals surface area contributed by atoms with Crippen LogP contribution in [0, 0.1) is 0 Å². The molecule has 0 saturated heterocycles. The number of hydrogen-bond acceptors (Lipinski definition) is 3. The Hall–Kier alpha value is -1.26. The lowest BCUT2D eigenvalue weighted by molar-refractivity contribution is 0.165. The van der Waals surface area contributed by atoms with Gasteiger partial charge in [0.1, 0.15) is 18.1 Å². The SMILES string of the molecule is COCc1ccc(-c2ccc(Br)cc2N)o1.